The molecule has 0 amide bonds. The zero-order valence-corrected chi connectivity index (χ0v) is 50.5. The molecule has 0 unspecified atom stereocenters. The van der Waals surface area contributed by atoms with E-state index in [1.165, 1.54) is 55.7 Å². The second-order valence-electron chi connectivity index (χ2n) is 28.2. The number of aliphatic hydroxyl groups is 6. The molecular weight excluding hydrogens is 1110 g/mol. The summed E-state index contributed by atoms with van der Waals surface area (Å²) in [5.41, 5.74) is 15.9. The third kappa shape index (κ3) is 7.00. The molecule has 16 aliphatic rings. The number of aliphatic hydroxyl groups excluding tert-OH is 6. The molecule has 16 nitrogen and oxygen atoms in total. The molecule has 4 aromatic rings. The quantitative estimate of drug-likeness (QED) is 0.127. The summed E-state index contributed by atoms with van der Waals surface area (Å²) in [4.78, 5) is 9.74. The van der Waals surface area contributed by atoms with Gasteiger partial charge in [-0.3, -0.25) is 9.80 Å². The van der Waals surface area contributed by atoms with Crippen LogP contribution in [0.1, 0.15) is 81.3 Å². The van der Waals surface area contributed by atoms with E-state index < -0.39 is 12.2 Å². The largest absolute Gasteiger partial charge is 0.504 e. The van der Waals surface area contributed by atoms with Crippen LogP contribution in [0.25, 0.3) is 0 Å². The highest BCUT2D eigenvalue weighted by Crippen LogP contribution is 2.66. The Morgan fingerprint density at radius 1 is 0.432 bits per heavy atom. The van der Waals surface area contributed by atoms with Crippen LogP contribution in [-0.4, -0.2) is 189 Å². The van der Waals surface area contributed by atoms with Gasteiger partial charge < -0.3 is 69.6 Å². The highest BCUT2D eigenvalue weighted by atomic mass is 16.5. The molecule has 8 aliphatic heterocycles. The van der Waals surface area contributed by atoms with Crippen molar-refractivity contribution in [3.05, 3.63) is 175 Å². The Bertz CT molecular complexity index is 3850. The molecule has 4 saturated heterocycles. The maximum Gasteiger partial charge on any atom is 0.166 e. The van der Waals surface area contributed by atoms with Crippen molar-refractivity contribution in [3.63, 3.8) is 0 Å². The Hall–Kier alpha value is -6.28. The minimum atomic E-state index is -0.594. The number of phenols is 2. The number of likely N-dealkylation sites (N-methyl/N-ethyl adjacent to an activating group) is 4. The lowest BCUT2D eigenvalue weighted by Crippen LogP contribution is -2.64. The third-order valence-electron chi connectivity index (χ3n) is 24.9. The third-order valence-corrected chi connectivity index (χ3v) is 24.9. The lowest BCUT2D eigenvalue weighted by atomic mass is 9.53. The van der Waals surface area contributed by atoms with Crippen LogP contribution in [-0.2, 0) is 60.6 Å². The first kappa shape index (κ1) is 55.8. The molecule has 8 bridgehead atoms. The van der Waals surface area contributed by atoms with Gasteiger partial charge in [-0.15, -0.1) is 0 Å². The SMILES string of the molecule is CN1CC[C@@]23C4=CC=C(CO)[C@@H]2Oc2c(CO)ccc(c23)C[C@H]41.CN1CC[C@@]23C4=CC=C(CO)[C@@H]2Oc2c(O)ccc(c23)C[C@H]41.CN1CC[C@]23c4c5ccc(CO)c4O[C@H]2[C@@H](O)C=C[C@H]3[C@H]1C5.CN1CC[C@]23c4c5ccc(O)c4O[C@H]2[C@@H](O)C=C[C@H]3[C@H]1C5. The number of aromatic hydroxyl groups is 2. The van der Waals surface area contributed by atoms with Gasteiger partial charge in [-0.2, -0.15) is 0 Å². The van der Waals surface area contributed by atoms with Crippen LogP contribution < -0.4 is 18.9 Å². The molecule has 460 valence electrons. The molecule has 0 radical (unpaired) electrons. The van der Waals surface area contributed by atoms with Crippen LogP contribution in [0.5, 0.6) is 34.5 Å². The van der Waals surface area contributed by atoms with Gasteiger partial charge in [0.15, 0.2) is 23.0 Å². The van der Waals surface area contributed by atoms with Crippen molar-refractivity contribution in [1.29, 1.82) is 0 Å². The summed E-state index contributed by atoms with van der Waals surface area (Å²) in [6, 6.07) is 17.6. The molecule has 4 fully saturated rings. The van der Waals surface area contributed by atoms with Crippen molar-refractivity contribution in [2.45, 2.75) is 147 Å². The van der Waals surface area contributed by atoms with Gasteiger partial charge >= 0.3 is 0 Å². The van der Waals surface area contributed by atoms with E-state index in [2.05, 4.69) is 84.2 Å². The molecule has 8 heterocycles. The van der Waals surface area contributed by atoms with Crippen LogP contribution in [0.15, 0.2) is 119 Å². The maximum absolute atomic E-state index is 10.5. The first-order valence-electron chi connectivity index (χ1n) is 32.1. The lowest BCUT2D eigenvalue weighted by molar-refractivity contribution is -0.0453. The van der Waals surface area contributed by atoms with Crippen LogP contribution in [0.2, 0.25) is 0 Å². The Labute approximate surface area is 513 Å². The summed E-state index contributed by atoms with van der Waals surface area (Å²) in [7, 11) is 8.77. The summed E-state index contributed by atoms with van der Waals surface area (Å²) in [6.45, 7) is 4.09. The molecule has 20 rings (SSSR count). The summed E-state index contributed by atoms with van der Waals surface area (Å²) in [6.07, 6.45) is 22.7. The molecule has 88 heavy (non-hydrogen) atoms. The number of rotatable bonds is 4. The minimum absolute atomic E-state index is 0.000780. The zero-order chi connectivity index (χ0) is 60.2. The number of benzene rings is 4. The number of hydrogen-bond acceptors (Lipinski definition) is 16. The predicted octanol–water partition coefficient (Wildman–Crippen LogP) is 4.99. The monoisotopic (exact) mass is 1190 g/mol. The van der Waals surface area contributed by atoms with Crippen molar-refractivity contribution in [2.75, 3.05) is 67.6 Å². The van der Waals surface area contributed by atoms with Crippen molar-refractivity contribution in [1.82, 2.24) is 19.6 Å². The summed E-state index contributed by atoms with van der Waals surface area (Å²) in [5, 5.41) is 80.4. The fraction of sp³-hybridized carbons (Fsp3) is 0.500. The number of likely N-dealkylation sites (tertiary alicyclic amines) is 4. The second kappa shape index (κ2) is 19.6. The lowest BCUT2D eigenvalue weighted by Gasteiger charge is -2.56. The van der Waals surface area contributed by atoms with E-state index in [4.69, 9.17) is 18.9 Å². The minimum Gasteiger partial charge on any atom is -0.504 e. The topological polar surface area (TPSA) is 212 Å². The average molecular weight is 1190 g/mol. The van der Waals surface area contributed by atoms with Gasteiger partial charge in [0.05, 0.1) is 37.3 Å². The second-order valence-corrected chi connectivity index (χ2v) is 28.2. The Kier molecular flexibility index (Phi) is 12.4. The fourth-order valence-corrected chi connectivity index (χ4v) is 20.9. The fourth-order valence-electron chi connectivity index (χ4n) is 20.9. The van der Waals surface area contributed by atoms with Gasteiger partial charge in [0, 0.05) is 80.2 Å². The first-order chi connectivity index (χ1) is 42.7. The molecule has 0 aromatic heterocycles. The average Bonchev–Trinajstić information content (AvgIpc) is 1.47. The maximum atomic E-state index is 10.5. The van der Waals surface area contributed by atoms with Gasteiger partial charge in [0.25, 0.3) is 0 Å². The molecule has 4 spiro atoms. The molecular formula is C72H80N4O12. The van der Waals surface area contributed by atoms with E-state index in [1.807, 2.05) is 48.6 Å². The smallest absolute Gasteiger partial charge is 0.166 e. The number of allylic oxidation sites excluding steroid dienone is 4. The van der Waals surface area contributed by atoms with Gasteiger partial charge in [0.1, 0.15) is 48.1 Å². The van der Waals surface area contributed by atoms with Crippen molar-refractivity contribution < 1.29 is 59.8 Å². The van der Waals surface area contributed by atoms with E-state index in [0.29, 0.717) is 47.5 Å². The summed E-state index contributed by atoms with van der Waals surface area (Å²) in [5.74, 6) is 4.15. The number of hydrogen-bond donors (Lipinski definition) is 8. The molecule has 8 N–H and O–H groups in total. The Morgan fingerprint density at radius 2 is 0.830 bits per heavy atom. The van der Waals surface area contributed by atoms with E-state index in [1.54, 1.807) is 12.1 Å². The van der Waals surface area contributed by atoms with Gasteiger partial charge in [-0.25, -0.2) is 0 Å². The van der Waals surface area contributed by atoms with Gasteiger partial charge in [-0.05, 0) is 162 Å². The highest BCUT2D eigenvalue weighted by molar-refractivity contribution is 5.70. The standard InChI is InChI=1S/C19H21NO3.C18H19NO3.C18H21NO3.C17H19NO3/c1-20-7-6-19-14-5-4-13(10-22)18(19)23-17-12(9-21)3-2-11(16(17)19)8-15(14)20;1-19-7-6-18-12-4-2-11(9-20)17(18)22-16-14(21)5-3-10(15(16)18)8-13(12)19;1-19-7-6-18-12-4-5-14(21)17(18)22-16-11(9-20)3-2-10(15(16)18)8-13(12)19;1-18-7-6-17-10-3-5-13(20)16(17)21-15-12(19)4-2-9(14(15)17)8-11(10)18/h2-5,15,18,21-22H,6-10H2,1H3;2-5,13,17,20-21H,6-9H2,1H3;2-5,12-14,17,20-21H,6-9H2,1H3;2-5,10-11,13,16,19-20H,6-8H2,1H3/t15-,18+,19+;13-,17+,18+;12-,13+,14-,17-,18-;10-,11+,13-,16-,17-/m1100/s1. The van der Waals surface area contributed by atoms with Crippen molar-refractivity contribution >= 4 is 0 Å². The molecule has 16 heteroatoms. The molecule has 8 aliphatic carbocycles. The molecule has 0 saturated carbocycles. The summed E-state index contributed by atoms with van der Waals surface area (Å²) >= 11 is 0. The summed E-state index contributed by atoms with van der Waals surface area (Å²) < 4.78 is 25.0. The number of piperidine rings is 4. The van der Waals surface area contributed by atoms with E-state index in [9.17, 15) is 40.9 Å². The predicted molar refractivity (Wildman–Crippen MR) is 328 cm³/mol. The Morgan fingerprint density at radius 3 is 1.31 bits per heavy atom. The van der Waals surface area contributed by atoms with E-state index in [0.717, 1.165) is 111 Å². The number of ether oxygens (including phenoxy) is 4. The molecule has 4 aromatic carbocycles. The Balaban J connectivity index is 0.0000000911. The van der Waals surface area contributed by atoms with Gasteiger partial charge in [0.2, 0.25) is 0 Å². The van der Waals surface area contributed by atoms with Crippen LogP contribution in [0.4, 0.5) is 0 Å². The van der Waals surface area contributed by atoms with Crippen LogP contribution in [0.3, 0.4) is 0 Å². The normalized spacial score (nSPS) is 37.9. The molecule has 16 atom stereocenters. The van der Waals surface area contributed by atoms with Crippen LogP contribution in [0, 0.1) is 11.8 Å². The van der Waals surface area contributed by atoms with Crippen molar-refractivity contribution in [2.24, 2.45) is 11.8 Å². The van der Waals surface area contributed by atoms with E-state index >= 15 is 0 Å². The number of nitrogens with zero attached hydrogens (tertiary/aromatic N) is 4. The number of phenolic OH excluding ortho intramolecular Hbond substituents is 2. The highest BCUT2D eigenvalue weighted by Gasteiger charge is 2.67. The first-order valence-corrected chi connectivity index (χ1v) is 32.1. The van der Waals surface area contributed by atoms with Crippen molar-refractivity contribution in [3.8, 4) is 34.5 Å². The zero-order valence-electron chi connectivity index (χ0n) is 50.5. The van der Waals surface area contributed by atoms with Crippen LogP contribution >= 0.6 is 0 Å². The van der Waals surface area contributed by atoms with E-state index in [-0.39, 0.29) is 84.0 Å². The van der Waals surface area contributed by atoms with Gasteiger partial charge in [-0.1, -0.05) is 85.0 Å².